The van der Waals surface area contributed by atoms with Crippen LogP contribution in [0.4, 0.5) is 0 Å². The van der Waals surface area contributed by atoms with E-state index in [1.165, 1.54) is 64.5 Å². The van der Waals surface area contributed by atoms with Crippen molar-refractivity contribution in [3.8, 4) is 0 Å². The van der Waals surface area contributed by atoms with Crippen molar-refractivity contribution in [1.29, 1.82) is 0 Å². The van der Waals surface area contributed by atoms with Gasteiger partial charge >= 0.3 is 0 Å². The van der Waals surface area contributed by atoms with E-state index in [0.29, 0.717) is 0 Å². The van der Waals surface area contributed by atoms with Crippen LogP contribution < -0.4 is 31.1 Å². The summed E-state index contributed by atoms with van der Waals surface area (Å²) in [6.45, 7) is 14.0. The third-order valence-electron chi connectivity index (χ3n) is 10.9. The molecule has 0 radical (unpaired) electrons. The monoisotopic (exact) mass is 674 g/mol. The van der Waals surface area contributed by atoms with Crippen LogP contribution in [0.3, 0.4) is 0 Å². The van der Waals surface area contributed by atoms with Crippen LogP contribution in [-0.2, 0) is 4.43 Å². The zero-order chi connectivity index (χ0) is 33.5. The minimum atomic E-state index is -3.10. The quantitative estimate of drug-likeness (QED) is 0.188. The molecule has 0 aromatic heterocycles. The minimum absolute atomic E-state index is 0.744. The summed E-state index contributed by atoms with van der Waals surface area (Å²) in [5, 5.41) is 8.84. The highest BCUT2D eigenvalue weighted by Gasteiger charge is 2.74. The Morgan fingerprint density at radius 3 is 0.875 bits per heavy atom. The van der Waals surface area contributed by atoms with Gasteiger partial charge in [0, 0.05) is 6.61 Å². The molecule has 4 heteroatoms. The first-order chi connectivity index (χ1) is 23.2. The molecule has 0 saturated carbocycles. The van der Waals surface area contributed by atoms with Gasteiger partial charge in [0.15, 0.2) is 7.11 Å². The molecule has 0 atom stereocenters. The first kappa shape index (κ1) is 32.5. The standard InChI is InChI=1S/C44H46OSi3/c1-33-7-19-39(20-8-33)46(40-21-9-34(2)10-22-40)32-31-45-47(41-23-11-35(3)12-24-41,42-25-13-36(4)14-26-42)48(46,43-27-15-37(5)16-28-43)44-29-17-38(6)18-30-44/h7-30H,31-32H2,1-6H3. The van der Waals surface area contributed by atoms with Crippen LogP contribution in [0.2, 0.25) is 6.04 Å². The number of benzene rings is 6. The molecule has 1 saturated heterocycles. The van der Waals surface area contributed by atoms with Gasteiger partial charge in [-0.1, -0.05) is 200 Å². The highest BCUT2D eigenvalue weighted by Crippen LogP contribution is 2.37. The van der Waals surface area contributed by atoms with Crippen LogP contribution in [0.1, 0.15) is 33.4 Å². The van der Waals surface area contributed by atoms with Gasteiger partial charge in [-0.05, 0) is 58.0 Å². The maximum absolute atomic E-state index is 7.88. The lowest BCUT2D eigenvalue weighted by Gasteiger charge is -2.61. The van der Waals surface area contributed by atoms with E-state index in [9.17, 15) is 0 Å². The molecule has 240 valence electrons. The number of aryl methyl sites for hydroxylation is 6. The maximum atomic E-state index is 7.88. The van der Waals surface area contributed by atoms with Crippen molar-refractivity contribution in [1.82, 2.24) is 0 Å². The Morgan fingerprint density at radius 1 is 0.333 bits per heavy atom. The van der Waals surface area contributed by atoms with Crippen molar-refractivity contribution in [2.24, 2.45) is 0 Å². The lowest BCUT2D eigenvalue weighted by molar-refractivity contribution is 0.346. The molecule has 0 aliphatic carbocycles. The summed E-state index contributed by atoms with van der Waals surface area (Å²) in [5.41, 5.74) is 7.75. The summed E-state index contributed by atoms with van der Waals surface area (Å²) in [5.74, 6) is 0. The molecular weight excluding hydrogens is 629 g/mol. The van der Waals surface area contributed by atoms with Gasteiger partial charge in [0.05, 0.1) is 0 Å². The second-order valence-corrected chi connectivity index (χ2v) is 33.7. The zero-order valence-electron chi connectivity index (χ0n) is 29.2. The summed E-state index contributed by atoms with van der Waals surface area (Å²) in [7, 11) is -8.85. The Labute approximate surface area is 290 Å². The SMILES string of the molecule is Cc1ccc([Si]2(c3ccc(C)cc3)CCO[Si](c3ccc(C)cc3)(c3ccc(C)cc3)[Si]2(c2ccc(C)cc2)c2ccc(C)cc2)cc1. The summed E-state index contributed by atoms with van der Waals surface area (Å²) >= 11 is 0. The van der Waals surface area contributed by atoms with E-state index >= 15 is 0 Å². The molecule has 1 nitrogen and oxygen atoms in total. The second kappa shape index (κ2) is 12.8. The van der Waals surface area contributed by atoms with Gasteiger partial charge in [-0.25, -0.2) is 0 Å². The lowest BCUT2D eigenvalue weighted by atomic mass is 10.2. The summed E-state index contributed by atoms with van der Waals surface area (Å²) < 4.78 is 7.88. The van der Waals surface area contributed by atoms with E-state index in [-0.39, 0.29) is 0 Å². The number of hydrogen-bond donors (Lipinski definition) is 0. The summed E-state index contributed by atoms with van der Waals surface area (Å²) in [6.07, 6.45) is 0. The Morgan fingerprint density at radius 2 is 0.583 bits per heavy atom. The van der Waals surface area contributed by atoms with Crippen LogP contribution in [0.15, 0.2) is 146 Å². The van der Waals surface area contributed by atoms with E-state index in [2.05, 4.69) is 187 Å². The second-order valence-electron chi connectivity index (χ2n) is 14.1. The van der Waals surface area contributed by atoms with Crippen molar-refractivity contribution < 1.29 is 4.43 Å². The van der Waals surface area contributed by atoms with E-state index in [4.69, 9.17) is 4.43 Å². The van der Waals surface area contributed by atoms with Gasteiger partial charge < -0.3 is 4.43 Å². The average Bonchev–Trinajstić information content (AvgIpc) is 3.10. The molecule has 1 aliphatic heterocycles. The molecule has 0 N–H and O–H groups in total. The van der Waals surface area contributed by atoms with Crippen molar-refractivity contribution in [3.63, 3.8) is 0 Å². The summed E-state index contributed by atoms with van der Waals surface area (Å²) in [4.78, 5) is 0. The van der Waals surface area contributed by atoms with Crippen LogP contribution in [0, 0.1) is 41.5 Å². The zero-order valence-corrected chi connectivity index (χ0v) is 32.2. The minimum Gasteiger partial charge on any atom is -0.410 e. The Kier molecular flexibility index (Phi) is 8.63. The Balaban J connectivity index is 1.79. The van der Waals surface area contributed by atoms with E-state index in [1.54, 1.807) is 0 Å². The Hall–Kier alpha value is -4.07. The van der Waals surface area contributed by atoms with Crippen molar-refractivity contribution in [2.45, 2.75) is 47.6 Å². The third-order valence-corrected chi connectivity index (χ3v) is 44.3. The highest BCUT2D eigenvalue weighted by molar-refractivity contribution is 7.84. The molecule has 0 bridgehead atoms. The fourth-order valence-electron chi connectivity index (χ4n) is 8.53. The smallest absolute Gasteiger partial charge is 0.249 e. The molecular formula is C44H46OSi3. The van der Waals surface area contributed by atoms with Crippen LogP contribution in [0.25, 0.3) is 0 Å². The third kappa shape index (κ3) is 5.05. The van der Waals surface area contributed by atoms with Gasteiger partial charge in [0.1, 0.15) is 7.59 Å². The first-order valence-corrected chi connectivity index (χ1v) is 25.4. The first-order valence-electron chi connectivity index (χ1n) is 17.3. The molecule has 0 spiro atoms. The van der Waals surface area contributed by atoms with E-state index < -0.39 is 22.5 Å². The topological polar surface area (TPSA) is 9.23 Å². The normalized spacial score (nSPS) is 16.4. The maximum Gasteiger partial charge on any atom is 0.249 e. The molecule has 6 aromatic rings. The average molecular weight is 675 g/mol. The van der Waals surface area contributed by atoms with E-state index in [0.717, 1.165) is 12.7 Å². The van der Waals surface area contributed by atoms with Gasteiger partial charge in [-0.15, -0.1) is 0 Å². The van der Waals surface area contributed by atoms with Gasteiger partial charge in [0.25, 0.3) is 0 Å². The molecule has 1 aliphatic rings. The highest BCUT2D eigenvalue weighted by atomic mass is 29.6. The fourth-order valence-corrected chi connectivity index (χ4v) is 51.4. The molecule has 1 heterocycles. The molecule has 48 heavy (non-hydrogen) atoms. The van der Waals surface area contributed by atoms with E-state index in [1.807, 2.05) is 0 Å². The predicted molar refractivity (Wildman–Crippen MR) is 213 cm³/mol. The molecule has 1 fully saturated rings. The van der Waals surface area contributed by atoms with Gasteiger partial charge in [-0.3, -0.25) is 0 Å². The summed E-state index contributed by atoms with van der Waals surface area (Å²) in [6, 6.07) is 58.9. The lowest BCUT2D eigenvalue weighted by Crippen LogP contribution is -3.01. The molecule has 0 unspecified atom stereocenters. The molecule has 0 amide bonds. The van der Waals surface area contributed by atoms with Crippen molar-refractivity contribution in [3.05, 3.63) is 179 Å². The molecule has 7 rings (SSSR count). The van der Waals surface area contributed by atoms with Crippen molar-refractivity contribution >= 4 is 53.7 Å². The largest absolute Gasteiger partial charge is 0.410 e. The molecule has 6 aromatic carbocycles. The fraction of sp³-hybridized carbons (Fsp3) is 0.182. The number of rotatable bonds is 6. The van der Waals surface area contributed by atoms with Crippen LogP contribution >= 0.6 is 0 Å². The van der Waals surface area contributed by atoms with Crippen LogP contribution in [-0.4, -0.2) is 29.1 Å². The predicted octanol–water partition coefficient (Wildman–Crippen LogP) is 6.31. The number of hydrogen-bond acceptors (Lipinski definition) is 1. The Bertz CT molecular complexity index is 1770. The van der Waals surface area contributed by atoms with Gasteiger partial charge in [-0.2, -0.15) is 0 Å². The van der Waals surface area contributed by atoms with Crippen LogP contribution in [0.5, 0.6) is 0 Å². The van der Waals surface area contributed by atoms with Crippen molar-refractivity contribution in [2.75, 3.05) is 6.61 Å². The van der Waals surface area contributed by atoms with Gasteiger partial charge in [0.2, 0.25) is 7.83 Å².